The summed E-state index contributed by atoms with van der Waals surface area (Å²) in [6.45, 7) is 1.33. The zero-order valence-corrected chi connectivity index (χ0v) is 15.7. The van der Waals surface area contributed by atoms with Gasteiger partial charge in [0.1, 0.15) is 6.61 Å². The molecule has 3 aromatic rings. The first-order chi connectivity index (χ1) is 13.2. The van der Waals surface area contributed by atoms with E-state index in [-0.39, 0.29) is 18.3 Å². The smallest absolute Gasteiger partial charge is 0.374 e. The summed E-state index contributed by atoms with van der Waals surface area (Å²) in [5.74, 6) is 0.307. The van der Waals surface area contributed by atoms with E-state index >= 15 is 0 Å². The maximum atomic E-state index is 12.2. The topological polar surface area (TPSA) is 72.6 Å². The van der Waals surface area contributed by atoms with Gasteiger partial charge in [-0.15, -0.1) is 11.3 Å². The molecule has 1 aliphatic rings. The predicted octanol–water partition coefficient (Wildman–Crippen LogP) is 4.12. The van der Waals surface area contributed by atoms with Crippen molar-refractivity contribution in [2.75, 3.05) is 19.7 Å². The minimum Gasteiger partial charge on any atom is -0.458 e. The molecule has 140 valence electrons. The van der Waals surface area contributed by atoms with Crippen LogP contribution in [0.5, 0.6) is 0 Å². The number of hydrogen-bond acceptors (Lipinski definition) is 6. The Bertz CT molecular complexity index is 929. The molecule has 1 aromatic carbocycles. The summed E-state index contributed by atoms with van der Waals surface area (Å²) in [5.41, 5.74) is 0.903. The number of fused-ring (bicyclic) bond motifs is 1. The molecule has 0 unspecified atom stereocenters. The third-order valence-corrected chi connectivity index (χ3v) is 5.63. The average Bonchev–Trinajstić information content (AvgIpc) is 3.28. The minimum absolute atomic E-state index is 0.139. The lowest BCUT2D eigenvalue weighted by molar-refractivity contribution is -0.131. The van der Waals surface area contributed by atoms with Crippen molar-refractivity contribution in [3.8, 4) is 10.8 Å². The van der Waals surface area contributed by atoms with Gasteiger partial charge in [-0.1, -0.05) is 18.6 Å². The van der Waals surface area contributed by atoms with Crippen LogP contribution in [0.25, 0.3) is 21.0 Å². The molecule has 3 heterocycles. The number of para-hydroxylation sites is 1. The Hall–Kier alpha value is -2.67. The van der Waals surface area contributed by atoms with E-state index in [0.717, 1.165) is 41.0 Å². The van der Waals surface area contributed by atoms with Crippen LogP contribution in [-0.4, -0.2) is 41.5 Å². The first kappa shape index (κ1) is 17.7. The maximum Gasteiger partial charge on any atom is 0.374 e. The normalized spacial score (nSPS) is 15.1. The molecule has 0 bridgehead atoms. The van der Waals surface area contributed by atoms with Crippen LogP contribution < -0.4 is 0 Å². The van der Waals surface area contributed by atoms with Crippen LogP contribution in [0.15, 0.2) is 40.8 Å². The van der Waals surface area contributed by atoms with Crippen molar-refractivity contribution in [3.05, 3.63) is 42.2 Å². The average molecular weight is 384 g/mol. The highest BCUT2D eigenvalue weighted by molar-refractivity contribution is 7.21. The standard InChI is InChI=1S/C20H20N2O4S/c23-18-8-2-1-5-11-22(18)12-13-25-20(24)16-10-9-15(26-16)19-21-14-6-3-4-7-17(14)27-19/h3-4,6-7,9-10H,1-2,5,8,11-13H2. The molecule has 7 heteroatoms. The predicted molar refractivity (Wildman–Crippen MR) is 103 cm³/mol. The number of ether oxygens (including phenoxy) is 1. The fourth-order valence-electron chi connectivity index (χ4n) is 3.13. The van der Waals surface area contributed by atoms with Crippen LogP contribution >= 0.6 is 11.3 Å². The fourth-order valence-corrected chi connectivity index (χ4v) is 4.06. The maximum absolute atomic E-state index is 12.2. The number of furan rings is 1. The quantitative estimate of drug-likeness (QED) is 0.619. The van der Waals surface area contributed by atoms with Gasteiger partial charge in [0.15, 0.2) is 10.8 Å². The number of amides is 1. The molecule has 0 saturated carbocycles. The fraction of sp³-hybridized carbons (Fsp3) is 0.350. The Morgan fingerprint density at radius 2 is 2.07 bits per heavy atom. The number of nitrogens with zero attached hydrogens (tertiary/aromatic N) is 2. The van der Waals surface area contributed by atoms with Crippen molar-refractivity contribution in [1.29, 1.82) is 0 Å². The number of carbonyl (C=O) groups excluding carboxylic acids is 2. The molecule has 1 aliphatic heterocycles. The van der Waals surface area contributed by atoms with Gasteiger partial charge in [-0.3, -0.25) is 4.79 Å². The summed E-state index contributed by atoms with van der Waals surface area (Å²) in [5, 5.41) is 0.727. The van der Waals surface area contributed by atoms with E-state index in [1.165, 1.54) is 11.3 Å². The molecule has 1 amide bonds. The molecule has 0 aliphatic carbocycles. The first-order valence-corrected chi connectivity index (χ1v) is 9.93. The van der Waals surface area contributed by atoms with Gasteiger partial charge in [0.2, 0.25) is 11.7 Å². The largest absolute Gasteiger partial charge is 0.458 e. The molecule has 6 nitrogen and oxygen atoms in total. The Kier molecular flexibility index (Phi) is 5.20. The van der Waals surface area contributed by atoms with Gasteiger partial charge >= 0.3 is 5.97 Å². The highest BCUT2D eigenvalue weighted by atomic mass is 32.1. The second-order valence-electron chi connectivity index (χ2n) is 6.48. The number of esters is 1. The minimum atomic E-state index is -0.523. The van der Waals surface area contributed by atoms with Crippen molar-refractivity contribution in [3.63, 3.8) is 0 Å². The van der Waals surface area contributed by atoms with Gasteiger partial charge in [-0.05, 0) is 37.1 Å². The summed E-state index contributed by atoms with van der Waals surface area (Å²) >= 11 is 1.51. The van der Waals surface area contributed by atoms with Crippen molar-refractivity contribution >= 4 is 33.4 Å². The van der Waals surface area contributed by atoms with E-state index in [4.69, 9.17) is 9.15 Å². The number of likely N-dealkylation sites (tertiary alicyclic amines) is 1. The first-order valence-electron chi connectivity index (χ1n) is 9.11. The molecule has 0 atom stereocenters. The number of carbonyl (C=O) groups is 2. The Morgan fingerprint density at radius 1 is 1.19 bits per heavy atom. The van der Waals surface area contributed by atoms with Crippen LogP contribution in [0.2, 0.25) is 0 Å². The lowest BCUT2D eigenvalue weighted by Crippen LogP contribution is -2.33. The molecule has 0 N–H and O–H groups in total. The van der Waals surface area contributed by atoms with E-state index in [1.54, 1.807) is 17.0 Å². The van der Waals surface area contributed by atoms with Gasteiger partial charge in [-0.25, -0.2) is 9.78 Å². The van der Waals surface area contributed by atoms with Crippen LogP contribution in [-0.2, 0) is 9.53 Å². The van der Waals surface area contributed by atoms with Gasteiger partial charge in [0, 0.05) is 13.0 Å². The van der Waals surface area contributed by atoms with Crippen LogP contribution in [0, 0.1) is 0 Å². The Morgan fingerprint density at radius 3 is 2.96 bits per heavy atom. The molecule has 4 rings (SSSR count). The Labute approximate surface area is 160 Å². The van der Waals surface area contributed by atoms with Crippen molar-refractivity contribution in [1.82, 2.24) is 9.88 Å². The highest BCUT2D eigenvalue weighted by Gasteiger charge is 2.19. The number of aromatic nitrogens is 1. The monoisotopic (exact) mass is 384 g/mol. The number of rotatable bonds is 5. The van der Waals surface area contributed by atoms with Gasteiger partial charge in [0.25, 0.3) is 0 Å². The van der Waals surface area contributed by atoms with Crippen LogP contribution in [0.4, 0.5) is 0 Å². The van der Waals surface area contributed by atoms with E-state index in [9.17, 15) is 9.59 Å². The third kappa shape index (κ3) is 4.03. The number of benzene rings is 1. The molecule has 2 aromatic heterocycles. The highest BCUT2D eigenvalue weighted by Crippen LogP contribution is 2.31. The van der Waals surface area contributed by atoms with Crippen molar-refractivity contribution in [2.24, 2.45) is 0 Å². The second kappa shape index (κ2) is 7.92. The van der Waals surface area contributed by atoms with Gasteiger partial charge in [0.05, 0.1) is 16.8 Å². The van der Waals surface area contributed by atoms with Crippen LogP contribution in [0.1, 0.15) is 36.2 Å². The zero-order valence-electron chi connectivity index (χ0n) is 14.8. The van der Waals surface area contributed by atoms with E-state index < -0.39 is 5.97 Å². The lowest BCUT2D eigenvalue weighted by Gasteiger charge is -2.19. The summed E-state index contributed by atoms with van der Waals surface area (Å²) < 4.78 is 12.0. The summed E-state index contributed by atoms with van der Waals surface area (Å²) in [6.07, 6.45) is 3.60. The third-order valence-electron chi connectivity index (χ3n) is 4.58. The molecule has 0 spiro atoms. The van der Waals surface area contributed by atoms with Gasteiger partial charge in [-0.2, -0.15) is 0 Å². The molecular formula is C20H20N2O4S. The lowest BCUT2D eigenvalue weighted by atomic mass is 10.2. The molecular weight excluding hydrogens is 364 g/mol. The molecule has 1 fully saturated rings. The zero-order chi connectivity index (χ0) is 18.6. The van der Waals surface area contributed by atoms with Crippen LogP contribution in [0.3, 0.4) is 0 Å². The number of hydrogen-bond donors (Lipinski definition) is 0. The summed E-state index contributed by atoms with van der Waals surface area (Å²) in [7, 11) is 0. The van der Waals surface area contributed by atoms with Crippen molar-refractivity contribution in [2.45, 2.75) is 25.7 Å². The summed E-state index contributed by atoms with van der Waals surface area (Å²) in [6, 6.07) is 11.2. The molecule has 27 heavy (non-hydrogen) atoms. The van der Waals surface area contributed by atoms with Gasteiger partial charge < -0.3 is 14.1 Å². The van der Waals surface area contributed by atoms with E-state index in [0.29, 0.717) is 18.7 Å². The SMILES string of the molecule is O=C(OCCN1CCCCCC1=O)c1ccc(-c2nc3ccccc3s2)o1. The molecule has 1 saturated heterocycles. The van der Waals surface area contributed by atoms with Crippen molar-refractivity contribution < 1.29 is 18.7 Å². The van der Waals surface area contributed by atoms with E-state index in [2.05, 4.69) is 4.98 Å². The summed E-state index contributed by atoms with van der Waals surface area (Å²) in [4.78, 5) is 30.5. The molecule has 0 radical (unpaired) electrons. The Balaban J connectivity index is 1.36. The van der Waals surface area contributed by atoms with E-state index in [1.807, 2.05) is 24.3 Å². The number of thiazole rings is 1. The second-order valence-corrected chi connectivity index (χ2v) is 7.51.